The van der Waals surface area contributed by atoms with Crippen LogP contribution in [0.5, 0.6) is 0 Å². The molecule has 3 rings (SSSR count). The molecule has 2 aromatic heterocycles. The number of rotatable bonds is 4. The third-order valence-corrected chi connectivity index (χ3v) is 3.72. The molecule has 0 bridgehead atoms. The number of thiazole rings is 1. The Morgan fingerprint density at radius 1 is 1.33 bits per heavy atom. The fourth-order valence-corrected chi connectivity index (χ4v) is 2.66. The summed E-state index contributed by atoms with van der Waals surface area (Å²) in [5.41, 5.74) is 4.04. The zero-order valence-corrected chi connectivity index (χ0v) is 10.9. The number of nitrogens with zero attached hydrogens (tertiary/aromatic N) is 3. The Hall–Kier alpha value is -1.88. The number of anilines is 1. The van der Waals surface area contributed by atoms with Crippen LogP contribution in [0.15, 0.2) is 36.1 Å². The molecule has 0 aliphatic carbocycles. The Bertz CT molecular complexity index is 656. The highest BCUT2D eigenvalue weighted by Crippen LogP contribution is 2.22. The van der Waals surface area contributed by atoms with Gasteiger partial charge in [0.1, 0.15) is 5.82 Å². The molecule has 18 heavy (non-hydrogen) atoms. The fourth-order valence-electron chi connectivity index (χ4n) is 1.94. The molecule has 4 nitrogen and oxygen atoms in total. The Balaban J connectivity index is 1.76. The average Bonchev–Trinajstić information content (AvgIpc) is 3.04. The quantitative estimate of drug-likeness (QED) is 0.782. The number of aromatic nitrogens is 3. The van der Waals surface area contributed by atoms with Gasteiger partial charge in [0, 0.05) is 24.6 Å². The maximum Gasteiger partial charge on any atom is 0.128 e. The van der Waals surface area contributed by atoms with Crippen LogP contribution in [0.3, 0.4) is 0 Å². The summed E-state index contributed by atoms with van der Waals surface area (Å²) in [6.45, 7) is 3.81. The summed E-state index contributed by atoms with van der Waals surface area (Å²) in [7, 11) is 0. The third-order valence-electron chi connectivity index (χ3n) is 2.92. The topological polar surface area (TPSA) is 42.7 Å². The minimum Gasteiger partial charge on any atom is -0.378 e. The molecular formula is C13H14N4S. The van der Waals surface area contributed by atoms with Crippen LogP contribution in [0.1, 0.15) is 12.7 Å². The molecule has 0 aliphatic rings. The first-order chi connectivity index (χ1) is 8.86. The van der Waals surface area contributed by atoms with Crippen molar-refractivity contribution in [3.8, 4) is 0 Å². The van der Waals surface area contributed by atoms with Gasteiger partial charge in [0.15, 0.2) is 0 Å². The molecule has 0 spiro atoms. The summed E-state index contributed by atoms with van der Waals surface area (Å²) in [5.74, 6) is 1.06. The van der Waals surface area contributed by atoms with Crippen molar-refractivity contribution in [3.63, 3.8) is 0 Å². The molecule has 0 unspecified atom stereocenters. The normalized spacial score (nSPS) is 10.9. The van der Waals surface area contributed by atoms with E-state index in [1.165, 1.54) is 4.70 Å². The van der Waals surface area contributed by atoms with Crippen molar-refractivity contribution in [2.75, 3.05) is 5.32 Å². The van der Waals surface area contributed by atoms with E-state index >= 15 is 0 Å². The molecule has 3 aromatic rings. The Kier molecular flexibility index (Phi) is 2.98. The lowest BCUT2D eigenvalue weighted by Gasteiger charge is -2.07. The third kappa shape index (κ3) is 2.09. The number of hydrogen-bond acceptors (Lipinski definition) is 4. The van der Waals surface area contributed by atoms with E-state index in [1.807, 2.05) is 24.0 Å². The van der Waals surface area contributed by atoms with Crippen molar-refractivity contribution in [3.05, 3.63) is 41.9 Å². The van der Waals surface area contributed by atoms with Crippen molar-refractivity contribution in [2.24, 2.45) is 0 Å². The van der Waals surface area contributed by atoms with Gasteiger partial charge in [-0.2, -0.15) is 0 Å². The number of nitrogens with one attached hydrogen (secondary N) is 1. The molecule has 0 saturated carbocycles. The van der Waals surface area contributed by atoms with E-state index in [2.05, 4.69) is 38.9 Å². The van der Waals surface area contributed by atoms with Gasteiger partial charge in [-0.25, -0.2) is 9.97 Å². The smallest absolute Gasteiger partial charge is 0.128 e. The maximum atomic E-state index is 4.35. The molecule has 1 N–H and O–H groups in total. The van der Waals surface area contributed by atoms with Crippen LogP contribution in [0.25, 0.3) is 10.2 Å². The van der Waals surface area contributed by atoms with E-state index in [9.17, 15) is 0 Å². The highest BCUT2D eigenvalue weighted by atomic mass is 32.1. The van der Waals surface area contributed by atoms with Gasteiger partial charge in [0.2, 0.25) is 0 Å². The van der Waals surface area contributed by atoms with Gasteiger partial charge >= 0.3 is 0 Å². The lowest BCUT2D eigenvalue weighted by atomic mass is 10.3. The van der Waals surface area contributed by atoms with Crippen LogP contribution in [-0.4, -0.2) is 14.5 Å². The first kappa shape index (κ1) is 11.2. The second kappa shape index (κ2) is 4.78. The van der Waals surface area contributed by atoms with Crippen molar-refractivity contribution >= 4 is 27.2 Å². The second-order valence-corrected chi connectivity index (χ2v) is 4.90. The molecule has 92 valence electrons. The number of aryl methyl sites for hydroxylation is 1. The van der Waals surface area contributed by atoms with Crippen molar-refractivity contribution in [2.45, 2.75) is 20.0 Å². The molecule has 0 aliphatic heterocycles. The standard InChI is InChI=1S/C13H14N4S/c1-2-17-6-5-14-13(17)8-15-10-3-4-11-12(7-10)18-9-16-11/h3-7,9,15H,2,8H2,1H3. The summed E-state index contributed by atoms with van der Waals surface area (Å²) >= 11 is 1.66. The highest BCUT2D eigenvalue weighted by molar-refractivity contribution is 7.16. The number of hydrogen-bond donors (Lipinski definition) is 1. The van der Waals surface area contributed by atoms with E-state index in [1.54, 1.807) is 11.3 Å². The van der Waals surface area contributed by atoms with Gasteiger partial charge in [0.25, 0.3) is 0 Å². The monoisotopic (exact) mass is 258 g/mol. The summed E-state index contributed by atoms with van der Waals surface area (Å²) in [4.78, 5) is 8.62. The molecule has 0 fully saturated rings. The van der Waals surface area contributed by atoms with Gasteiger partial charge in [-0.05, 0) is 25.1 Å². The van der Waals surface area contributed by atoms with E-state index in [4.69, 9.17) is 0 Å². The Morgan fingerprint density at radius 3 is 3.17 bits per heavy atom. The van der Waals surface area contributed by atoms with Crippen LogP contribution in [-0.2, 0) is 13.1 Å². The van der Waals surface area contributed by atoms with Gasteiger partial charge in [-0.15, -0.1) is 11.3 Å². The minimum atomic E-state index is 0.741. The minimum absolute atomic E-state index is 0.741. The predicted octanol–water partition coefficient (Wildman–Crippen LogP) is 3.12. The first-order valence-corrected chi connectivity index (χ1v) is 6.82. The van der Waals surface area contributed by atoms with Gasteiger partial charge in [0.05, 0.1) is 22.3 Å². The van der Waals surface area contributed by atoms with Crippen LogP contribution < -0.4 is 5.32 Å². The molecule has 1 aromatic carbocycles. The van der Waals surface area contributed by atoms with Crippen molar-refractivity contribution in [1.82, 2.24) is 14.5 Å². The number of fused-ring (bicyclic) bond motifs is 1. The lowest BCUT2D eigenvalue weighted by molar-refractivity contribution is 0.708. The maximum absolute atomic E-state index is 4.35. The van der Waals surface area contributed by atoms with Crippen LogP contribution in [0.2, 0.25) is 0 Å². The van der Waals surface area contributed by atoms with Crippen molar-refractivity contribution < 1.29 is 0 Å². The molecule has 2 heterocycles. The van der Waals surface area contributed by atoms with Crippen molar-refractivity contribution in [1.29, 1.82) is 0 Å². The summed E-state index contributed by atoms with van der Waals surface area (Å²) in [6.07, 6.45) is 3.84. The van der Waals surface area contributed by atoms with Crippen LogP contribution >= 0.6 is 11.3 Å². The highest BCUT2D eigenvalue weighted by Gasteiger charge is 2.02. The molecule has 0 atom stereocenters. The number of imidazole rings is 1. The van der Waals surface area contributed by atoms with Crippen LogP contribution in [0.4, 0.5) is 5.69 Å². The van der Waals surface area contributed by atoms with E-state index in [0.29, 0.717) is 0 Å². The van der Waals surface area contributed by atoms with Gasteiger partial charge < -0.3 is 9.88 Å². The summed E-state index contributed by atoms with van der Waals surface area (Å²) in [6, 6.07) is 6.23. The lowest BCUT2D eigenvalue weighted by Crippen LogP contribution is -2.07. The second-order valence-electron chi connectivity index (χ2n) is 4.02. The van der Waals surface area contributed by atoms with E-state index in [0.717, 1.165) is 30.1 Å². The summed E-state index contributed by atoms with van der Waals surface area (Å²) in [5, 5.41) is 3.40. The molecule has 0 saturated heterocycles. The Morgan fingerprint density at radius 2 is 2.28 bits per heavy atom. The van der Waals surface area contributed by atoms with E-state index < -0.39 is 0 Å². The molecule has 0 radical (unpaired) electrons. The van der Waals surface area contributed by atoms with Gasteiger partial charge in [-0.1, -0.05) is 0 Å². The SMILES string of the molecule is CCn1ccnc1CNc1ccc2ncsc2c1. The zero-order valence-electron chi connectivity index (χ0n) is 10.1. The molecule has 0 amide bonds. The molecular weight excluding hydrogens is 244 g/mol. The first-order valence-electron chi connectivity index (χ1n) is 5.94. The predicted molar refractivity (Wildman–Crippen MR) is 74.8 cm³/mol. The van der Waals surface area contributed by atoms with Gasteiger partial charge in [-0.3, -0.25) is 0 Å². The molecule has 5 heteroatoms. The van der Waals surface area contributed by atoms with Crippen LogP contribution in [0, 0.1) is 0 Å². The fraction of sp³-hybridized carbons (Fsp3) is 0.231. The largest absolute Gasteiger partial charge is 0.378 e. The average molecular weight is 258 g/mol. The zero-order chi connectivity index (χ0) is 12.4. The Labute approximate surface area is 109 Å². The number of benzene rings is 1. The summed E-state index contributed by atoms with van der Waals surface area (Å²) < 4.78 is 3.34. The van der Waals surface area contributed by atoms with E-state index in [-0.39, 0.29) is 0 Å².